The number of carbonyl (C=O) groups excluding carboxylic acids is 2. The van der Waals surface area contributed by atoms with Crippen LogP contribution in [0, 0.1) is 5.41 Å². The minimum absolute atomic E-state index is 0.00295. The summed E-state index contributed by atoms with van der Waals surface area (Å²) in [5, 5.41) is 17.7. The summed E-state index contributed by atoms with van der Waals surface area (Å²) in [5.41, 5.74) is 1.13. The number of aromatic nitrogens is 4. The smallest absolute Gasteiger partial charge is 0.253 e. The number of hydrogen-bond acceptors (Lipinski definition) is 6. The van der Waals surface area contributed by atoms with Gasteiger partial charge in [0, 0.05) is 31.7 Å². The van der Waals surface area contributed by atoms with E-state index in [0.717, 1.165) is 12.1 Å². The lowest BCUT2D eigenvalue weighted by Gasteiger charge is -2.40. The van der Waals surface area contributed by atoms with E-state index in [1.807, 2.05) is 29.2 Å². The summed E-state index contributed by atoms with van der Waals surface area (Å²) in [6, 6.07) is 7.52. The van der Waals surface area contributed by atoms with Gasteiger partial charge >= 0.3 is 0 Å². The minimum Gasteiger partial charge on any atom is -0.354 e. The molecule has 9 heteroatoms. The van der Waals surface area contributed by atoms with Crippen LogP contribution < -0.4 is 10.6 Å². The molecule has 0 atom stereocenters. The zero-order valence-corrected chi connectivity index (χ0v) is 16.9. The Labute approximate surface area is 169 Å². The molecule has 2 aromatic rings. The van der Waals surface area contributed by atoms with Crippen molar-refractivity contribution in [2.45, 2.75) is 38.8 Å². The molecule has 2 amide bonds. The van der Waals surface area contributed by atoms with Gasteiger partial charge in [0.15, 0.2) is 0 Å². The molecular weight excluding hydrogens is 370 g/mol. The van der Waals surface area contributed by atoms with Gasteiger partial charge in [-0.1, -0.05) is 26.0 Å². The predicted octanol–water partition coefficient (Wildman–Crippen LogP) is 0.442. The molecule has 9 nitrogen and oxygen atoms in total. The average molecular weight is 397 g/mol. The number of carbonyl (C=O) groups is 2. The Morgan fingerprint density at radius 1 is 1.14 bits per heavy atom. The molecule has 2 saturated heterocycles. The summed E-state index contributed by atoms with van der Waals surface area (Å²) in [7, 11) is 0. The predicted molar refractivity (Wildman–Crippen MR) is 106 cm³/mol. The van der Waals surface area contributed by atoms with Crippen molar-refractivity contribution < 1.29 is 9.59 Å². The SMILES string of the molecule is CC1(C)CNC(=O)C2(CCN(C(=O)c3ccc(Cn4cnnn4)cc3)CC2)NC1. The van der Waals surface area contributed by atoms with Crippen LogP contribution >= 0.6 is 0 Å². The Balaban J connectivity index is 1.38. The zero-order chi connectivity index (χ0) is 20.5. The average Bonchev–Trinajstić information content (AvgIpc) is 3.21. The van der Waals surface area contributed by atoms with Gasteiger partial charge in [-0.05, 0) is 46.4 Å². The van der Waals surface area contributed by atoms with E-state index < -0.39 is 5.54 Å². The standard InChI is InChI=1S/C20H27N7O2/c1-19(2)12-21-18(29)20(22-13-19)7-9-26(10-8-20)17(28)16-5-3-15(4-6-16)11-27-14-23-24-25-27/h3-6,14,22H,7-13H2,1-2H3,(H,21,29). The molecule has 4 rings (SSSR count). The second-order valence-corrected chi connectivity index (χ2v) is 8.78. The second kappa shape index (κ2) is 7.55. The molecule has 1 spiro atoms. The zero-order valence-electron chi connectivity index (χ0n) is 16.9. The first-order chi connectivity index (χ1) is 13.9. The van der Waals surface area contributed by atoms with E-state index in [9.17, 15) is 9.59 Å². The van der Waals surface area contributed by atoms with Crippen molar-refractivity contribution >= 4 is 11.8 Å². The molecule has 1 aromatic carbocycles. The molecule has 0 aliphatic carbocycles. The molecule has 0 saturated carbocycles. The van der Waals surface area contributed by atoms with Crippen LogP contribution in [0.3, 0.4) is 0 Å². The molecule has 2 fully saturated rings. The fourth-order valence-corrected chi connectivity index (χ4v) is 3.91. The molecule has 154 valence electrons. The highest BCUT2D eigenvalue weighted by Crippen LogP contribution is 2.28. The Bertz CT molecular complexity index is 869. The molecule has 0 radical (unpaired) electrons. The van der Waals surface area contributed by atoms with E-state index in [2.05, 4.69) is 40.0 Å². The second-order valence-electron chi connectivity index (χ2n) is 8.78. The van der Waals surface area contributed by atoms with Crippen LogP contribution in [0.15, 0.2) is 30.6 Å². The van der Waals surface area contributed by atoms with Crippen LogP contribution in [0.2, 0.25) is 0 Å². The first-order valence-corrected chi connectivity index (χ1v) is 9.99. The number of rotatable bonds is 3. The Hall–Kier alpha value is -2.81. The number of nitrogens with one attached hydrogen (secondary N) is 2. The fourth-order valence-electron chi connectivity index (χ4n) is 3.91. The Kier molecular flexibility index (Phi) is 5.08. The largest absolute Gasteiger partial charge is 0.354 e. The van der Waals surface area contributed by atoms with Gasteiger partial charge in [-0.3, -0.25) is 9.59 Å². The molecule has 1 aromatic heterocycles. The number of hydrogen-bond donors (Lipinski definition) is 2. The normalized spacial score (nSPS) is 20.9. The summed E-state index contributed by atoms with van der Waals surface area (Å²) < 4.78 is 1.63. The van der Waals surface area contributed by atoms with Gasteiger partial charge in [-0.25, -0.2) is 4.68 Å². The summed E-state index contributed by atoms with van der Waals surface area (Å²) in [4.78, 5) is 27.5. The lowest BCUT2D eigenvalue weighted by molar-refractivity contribution is -0.128. The van der Waals surface area contributed by atoms with Crippen LogP contribution in [0.25, 0.3) is 0 Å². The topological polar surface area (TPSA) is 105 Å². The number of nitrogens with zero attached hydrogens (tertiary/aromatic N) is 5. The number of benzene rings is 1. The third-order valence-corrected chi connectivity index (χ3v) is 5.91. The maximum absolute atomic E-state index is 12.9. The van der Waals surface area contributed by atoms with Crippen LogP contribution in [0.4, 0.5) is 0 Å². The van der Waals surface area contributed by atoms with E-state index in [0.29, 0.717) is 44.6 Å². The van der Waals surface area contributed by atoms with Gasteiger partial charge < -0.3 is 15.5 Å². The highest BCUT2D eigenvalue weighted by Gasteiger charge is 2.44. The summed E-state index contributed by atoms with van der Waals surface area (Å²) in [6.07, 6.45) is 2.80. The maximum atomic E-state index is 12.9. The van der Waals surface area contributed by atoms with Crippen molar-refractivity contribution in [1.82, 2.24) is 35.7 Å². The van der Waals surface area contributed by atoms with Gasteiger partial charge in [0.1, 0.15) is 11.9 Å². The van der Waals surface area contributed by atoms with Gasteiger partial charge in [0.2, 0.25) is 5.91 Å². The van der Waals surface area contributed by atoms with Gasteiger partial charge in [0.05, 0.1) is 6.54 Å². The fraction of sp³-hybridized carbons (Fsp3) is 0.550. The van der Waals surface area contributed by atoms with Crippen LogP contribution in [-0.2, 0) is 11.3 Å². The number of amides is 2. The van der Waals surface area contributed by atoms with E-state index >= 15 is 0 Å². The van der Waals surface area contributed by atoms with Crippen LogP contribution in [-0.4, -0.2) is 68.6 Å². The van der Waals surface area contributed by atoms with Gasteiger partial charge in [-0.15, -0.1) is 5.10 Å². The third kappa shape index (κ3) is 4.14. The van der Waals surface area contributed by atoms with E-state index in [4.69, 9.17) is 0 Å². The first kappa shape index (κ1) is 19.5. The number of likely N-dealkylation sites (tertiary alicyclic amines) is 1. The highest BCUT2D eigenvalue weighted by atomic mass is 16.2. The van der Waals surface area contributed by atoms with Crippen LogP contribution in [0.1, 0.15) is 42.6 Å². The van der Waals surface area contributed by atoms with Gasteiger partial charge in [0.25, 0.3) is 5.91 Å². The van der Waals surface area contributed by atoms with Crippen molar-refractivity contribution in [2.75, 3.05) is 26.2 Å². The van der Waals surface area contributed by atoms with Crippen molar-refractivity contribution in [1.29, 1.82) is 0 Å². The number of tetrazole rings is 1. The lowest BCUT2D eigenvalue weighted by atomic mass is 9.85. The van der Waals surface area contributed by atoms with Crippen LogP contribution in [0.5, 0.6) is 0 Å². The molecule has 0 bridgehead atoms. The molecular formula is C20H27N7O2. The molecule has 0 unspecified atom stereocenters. The summed E-state index contributed by atoms with van der Waals surface area (Å²) in [6.45, 7) is 7.41. The molecule has 2 aliphatic rings. The van der Waals surface area contributed by atoms with Crippen molar-refractivity contribution in [3.05, 3.63) is 41.7 Å². The van der Waals surface area contributed by atoms with Crippen molar-refractivity contribution in [3.63, 3.8) is 0 Å². The number of piperidine rings is 1. The first-order valence-electron chi connectivity index (χ1n) is 9.99. The van der Waals surface area contributed by atoms with E-state index in [-0.39, 0.29) is 17.2 Å². The van der Waals surface area contributed by atoms with Crippen molar-refractivity contribution in [3.8, 4) is 0 Å². The minimum atomic E-state index is -0.569. The Morgan fingerprint density at radius 3 is 2.52 bits per heavy atom. The molecule has 2 N–H and O–H groups in total. The lowest BCUT2D eigenvalue weighted by Crippen LogP contribution is -2.61. The van der Waals surface area contributed by atoms with Gasteiger partial charge in [-0.2, -0.15) is 0 Å². The van der Waals surface area contributed by atoms with E-state index in [1.54, 1.807) is 11.0 Å². The third-order valence-electron chi connectivity index (χ3n) is 5.91. The molecule has 2 aliphatic heterocycles. The Morgan fingerprint density at radius 2 is 1.86 bits per heavy atom. The summed E-state index contributed by atoms with van der Waals surface area (Å²) >= 11 is 0. The highest BCUT2D eigenvalue weighted by molar-refractivity contribution is 5.95. The van der Waals surface area contributed by atoms with E-state index in [1.165, 1.54) is 0 Å². The molecule has 3 heterocycles. The monoisotopic (exact) mass is 397 g/mol. The maximum Gasteiger partial charge on any atom is 0.253 e. The quantitative estimate of drug-likeness (QED) is 0.779. The summed E-state index contributed by atoms with van der Waals surface area (Å²) in [5.74, 6) is 0.0605. The van der Waals surface area contributed by atoms with Crippen molar-refractivity contribution in [2.24, 2.45) is 5.41 Å². The molecule has 29 heavy (non-hydrogen) atoms.